The van der Waals surface area contributed by atoms with Crippen molar-refractivity contribution in [1.29, 1.82) is 0 Å². The molecule has 7 heteroatoms. The molecule has 0 bridgehead atoms. The van der Waals surface area contributed by atoms with E-state index in [9.17, 15) is 4.79 Å². The first kappa shape index (κ1) is 19.7. The van der Waals surface area contributed by atoms with Gasteiger partial charge in [0.15, 0.2) is 5.96 Å². The quantitative estimate of drug-likeness (QED) is 0.441. The van der Waals surface area contributed by atoms with Crippen LogP contribution in [0.5, 0.6) is 0 Å². The molecule has 1 aliphatic rings. The Morgan fingerprint density at radius 1 is 1.35 bits per heavy atom. The van der Waals surface area contributed by atoms with Gasteiger partial charge in [-0.25, -0.2) is 0 Å². The van der Waals surface area contributed by atoms with E-state index in [1.54, 1.807) is 19.0 Å². The number of carbonyl (C=O) groups excluding carboxylic acids is 1. The molecule has 1 aromatic carbocycles. The van der Waals surface area contributed by atoms with Gasteiger partial charge >= 0.3 is 0 Å². The zero-order valence-electron chi connectivity index (χ0n) is 13.7. The molecule has 0 saturated carbocycles. The van der Waals surface area contributed by atoms with Crippen LogP contribution >= 0.6 is 24.0 Å². The second kappa shape index (κ2) is 9.71. The van der Waals surface area contributed by atoms with Crippen molar-refractivity contribution in [2.75, 3.05) is 46.9 Å². The van der Waals surface area contributed by atoms with E-state index >= 15 is 0 Å². The van der Waals surface area contributed by atoms with Crippen molar-refractivity contribution in [3.8, 4) is 0 Å². The SMILES string of the molecule is CN(C)C(=O)c1cccc(CCN=C(N)N2CCOCC2)c1.I. The lowest BCUT2D eigenvalue weighted by molar-refractivity contribution is 0.0674. The summed E-state index contributed by atoms with van der Waals surface area (Å²) in [5, 5.41) is 0. The van der Waals surface area contributed by atoms with Gasteiger partial charge in [-0.05, 0) is 24.1 Å². The number of nitrogens with zero attached hydrogens (tertiary/aromatic N) is 3. The van der Waals surface area contributed by atoms with Gasteiger partial charge < -0.3 is 20.3 Å². The number of rotatable bonds is 4. The molecule has 6 nitrogen and oxygen atoms in total. The Morgan fingerprint density at radius 3 is 2.70 bits per heavy atom. The first-order valence-corrected chi connectivity index (χ1v) is 7.51. The van der Waals surface area contributed by atoms with Crippen molar-refractivity contribution < 1.29 is 9.53 Å². The number of morpholine rings is 1. The molecule has 23 heavy (non-hydrogen) atoms. The maximum absolute atomic E-state index is 11.9. The molecule has 2 rings (SSSR count). The molecule has 2 N–H and O–H groups in total. The number of amides is 1. The van der Waals surface area contributed by atoms with Gasteiger partial charge in [0.2, 0.25) is 0 Å². The normalized spacial score (nSPS) is 15.0. The number of ether oxygens (including phenoxy) is 1. The third-order valence-electron chi connectivity index (χ3n) is 3.59. The molecule has 0 atom stereocenters. The van der Waals surface area contributed by atoms with Crippen molar-refractivity contribution >= 4 is 35.8 Å². The van der Waals surface area contributed by atoms with E-state index in [1.165, 1.54) is 0 Å². The molecule has 1 saturated heterocycles. The van der Waals surface area contributed by atoms with E-state index in [-0.39, 0.29) is 29.9 Å². The fourth-order valence-corrected chi connectivity index (χ4v) is 2.31. The van der Waals surface area contributed by atoms with Gasteiger partial charge in [-0.1, -0.05) is 12.1 Å². The van der Waals surface area contributed by atoms with Crippen molar-refractivity contribution in [1.82, 2.24) is 9.80 Å². The number of hydrogen-bond acceptors (Lipinski definition) is 3. The van der Waals surface area contributed by atoms with Crippen LogP contribution in [-0.4, -0.2) is 68.6 Å². The average molecular weight is 432 g/mol. The topological polar surface area (TPSA) is 71.2 Å². The fourth-order valence-electron chi connectivity index (χ4n) is 2.31. The van der Waals surface area contributed by atoms with E-state index in [1.807, 2.05) is 29.2 Å². The first-order valence-electron chi connectivity index (χ1n) is 7.51. The highest BCUT2D eigenvalue weighted by atomic mass is 127. The molecule has 1 aromatic rings. The van der Waals surface area contributed by atoms with Crippen molar-refractivity contribution in [2.45, 2.75) is 6.42 Å². The van der Waals surface area contributed by atoms with Crippen LogP contribution in [0.15, 0.2) is 29.3 Å². The van der Waals surface area contributed by atoms with E-state index in [0.29, 0.717) is 31.3 Å². The average Bonchev–Trinajstić information content (AvgIpc) is 2.55. The molecule has 0 radical (unpaired) electrons. The lowest BCUT2D eigenvalue weighted by Gasteiger charge is -2.27. The molecule has 0 aromatic heterocycles. The Kier molecular flexibility index (Phi) is 8.32. The lowest BCUT2D eigenvalue weighted by atomic mass is 10.1. The third kappa shape index (κ3) is 5.98. The zero-order chi connectivity index (χ0) is 15.9. The van der Waals surface area contributed by atoms with Gasteiger partial charge in [-0.3, -0.25) is 9.79 Å². The van der Waals surface area contributed by atoms with Crippen LogP contribution in [0.1, 0.15) is 15.9 Å². The third-order valence-corrected chi connectivity index (χ3v) is 3.59. The molecule has 1 aliphatic heterocycles. The molecule has 0 aliphatic carbocycles. The molecular weight excluding hydrogens is 407 g/mol. The van der Waals surface area contributed by atoms with Gasteiger partial charge in [0.25, 0.3) is 5.91 Å². The maximum Gasteiger partial charge on any atom is 0.253 e. The van der Waals surface area contributed by atoms with Gasteiger partial charge in [-0.15, -0.1) is 24.0 Å². The van der Waals surface area contributed by atoms with Crippen molar-refractivity contribution in [3.63, 3.8) is 0 Å². The molecule has 0 unspecified atom stereocenters. The molecule has 1 amide bonds. The highest BCUT2D eigenvalue weighted by Crippen LogP contribution is 2.08. The van der Waals surface area contributed by atoms with Crippen LogP contribution in [-0.2, 0) is 11.2 Å². The van der Waals surface area contributed by atoms with E-state index < -0.39 is 0 Å². The molecular formula is C16H25IN4O2. The minimum Gasteiger partial charge on any atom is -0.378 e. The summed E-state index contributed by atoms with van der Waals surface area (Å²) in [6, 6.07) is 7.66. The Bertz CT molecular complexity index is 543. The summed E-state index contributed by atoms with van der Waals surface area (Å²) in [5.41, 5.74) is 7.78. The van der Waals surface area contributed by atoms with Gasteiger partial charge in [0, 0.05) is 39.3 Å². The number of nitrogens with two attached hydrogens (primary N) is 1. The predicted molar refractivity (Wildman–Crippen MR) is 102 cm³/mol. The summed E-state index contributed by atoms with van der Waals surface area (Å²) in [4.78, 5) is 20.0. The number of halogens is 1. The van der Waals surface area contributed by atoms with Crippen molar-refractivity contribution in [3.05, 3.63) is 35.4 Å². The number of benzene rings is 1. The largest absolute Gasteiger partial charge is 0.378 e. The number of carbonyl (C=O) groups is 1. The Morgan fingerprint density at radius 2 is 2.04 bits per heavy atom. The van der Waals surface area contributed by atoms with Crippen LogP contribution in [0.3, 0.4) is 0 Å². The monoisotopic (exact) mass is 432 g/mol. The molecule has 1 fully saturated rings. The molecule has 1 heterocycles. The summed E-state index contributed by atoms with van der Waals surface area (Å²) in [6.07, 6.45) is 0.763. The summed E-state index contributed by atoms with van der Waals surface area (Å²) < 4.78 is 5.29. The summed E-state index contributed by atoms with van der Waals surface area (Å²) in [7, 11) is 3.50. The van der Waals surface area contributed by atoms with Crippen LogP contribution in [0.25, 0.3) is 0 Å². The Hall–Kier alpha value is -1.35. The van der Waals surface area contributed by atoms with Crippen LogP contribution in [0.2, 0.25) is 0 Å². The standard InChI is InChI=1S/C16H24N4O2.HI/c1-19(2)15(21)14-5-3-4-13(12-14)6-7-18-16(17)20-8-10-22-11-9-20;/h3-5,12H,6-11H2,1-2H3,(H2,17,18);1H. The molecule has 0 spiro atoms. The van der Waals surface area contributed by atoms with Crippen LogP contribution in [0.4, 0.5) is 0 Å². The Balaban J connectivity index is 0.00000264. The maximum atomic E-state index is 11.9. The second-order valence-electron chi connectivity index (χ2n) is 5.49. The zero-order valence-corrected chi connectivity index (χ0v) is 16.0. The summed E-state index contributed by atoms with van der Waals surface area (Å²) in [5.74, 6) is 0.585. The minimum absolute atomic E-state index is 0. The van der Waals surface area contributed by atoms with Crippen molar-refractivity contribution in [2.24, 2.45) is 10.7 Å². The number of aliphatic imine (C=N–C) groups is 1. The second-order valence-corrected chi connectivity index (χ2v) is 5.49. The van der Waals surface area contributed by atoms with Gasteiger partial charge in [0.05, 0.1) is 13.2 Å². The van der Waals surface area contributed by atoms with E-state index in [2.05, 4.69) is 4.99 Å². The minimum atomic E-state index is 0. The predicted octanol–water partition coefficient (Wildman–Crippen LogP) is 1.20. The summed E-state index contributed by atoms with van der Waals surface area (Å²) >= 11 is 0. The van der Waals surface area contributed by atoms with E-state index in [0.717, 1.165) is 25.1 Å². The highest BCUT2D eigenvalue weighted by Gasteiger charge is 2.12. The Labute approximate surface area is 154 Å². The van der Waals surface area contributed by atoms with Crippen LogP contribution in [0, 0.1) is 0 Å². The summed E-state index contributed by atoms with van der Waals surface area (Å²) in [6.45, 7) is 3.60. The number of guanidine groups is 1. The van der Waals surface area contributed by atoms with Gasteiger partial charge in [-0.2, -0.15) is 0 Å². The molecule has 128 valence electrons. The van der Waals surface area contributed by atoms with Crippen LogP contribution < -0.4 is 5.73 Å². The number of hydrogen-bond donors (Lipinski definition) is 1. The highest BCUT2D eigenvalue weighted by molar-refractivity contribution is 14.0. The van der Waals surface area contributed by atoms with Gasteiger partial charge in [0.1, 0.15) is 0 Å². The van der Waals surface area contributed by atoms with E-state index in [4.69, 9.17) is 10.5 Å². The smallest absolute Gasteiger partial charge is 0.253 e. The fraction of sp³-hybridized carbons (Fsp3) is 0.500. The lowest BCUT2D eigenvalue weighted by Crippen LogP contribution is -2.44. The first-order chi connectivity index (χ1) is 10.6.